The number of aromatic nitrogens is 2. The second kappa shape index (κ2) is 6.11. The first-order valence-electron chi connectivity index (χ1n) is 6.77. The molecule has 2 heterocycles. The van der Waals surface area contributed by atoms with E-state index < -0.39 is 0 Å². The number of hydrogen-bond donors (Lipinski definition) is 1. The summed E-state index contributed by atoms with van der Waals surface area (Å²) in [6.45, 7) is 3.91. The quantitative estimate of drug-likeness (QED) is 0.730. The van der Waals surface area contributed by atoms with Crippen LogP contribution in [-0.2, 0) is 13.0 Å². The molecule has 3 aromatic rings. The fraction of sp³-hybridized carbons (Fsp3) is 0.250. The summed E-state index contributed by atoms with van der Waals surface area (Å²) >= 11 is 1.71. The van der Waals surface area contributed by atoms with E-state index >= 15 is 0 Å². The second-order valence-electron chi connectivity index (χ2n) is 4.78. The van der Waals surface area contributed by atoms with E-state index in [-0.39, 0.29) is 0 Å². The van der Waals surface area contributed by atoms with Crippen molar-refractivity contribution in [3.8, 4) is 0 Å². The standard InChI is InChI=1S/C16H17N3S/c1-12-15(20-11-19-12)10-17-9-7-14-5-2-4-13-6-3-8-18-16(13)14/h2-6,8,11,17H,7,9-10H2,1H3. The van der Waals surface area contributed by atoms with Crippen molar-refractivity contribution in [2.45, 2.75) is 19.9 Å². The molecule has 0 saturated heterocycles. The number of hydrogen-bond acceptors (Lipinski definition) is 4. The van der Waals surface area contributed by atoms with Gasteiger partial charge in [-0.15, -0.1) is 11.3 Å². The number of pyridine rings is 1. The van der Waals surface area contributed by atoms with Crippen molar-refractivity contribution >= 4 is 22.2 Å². The van der Waals surface area contributed by atoms with Gasteiger partial charge in [-0.25, -0.2) is 4.98 Å². The van der Waals surface area contributed by atoms with Crippen LogP contribution < -0.4 is 5.32 Å². The summed E-state index contributed by atoms with van der Waals surface area (Å²) in [5.41, 5.74) is 5.46. The third-order valence-corrected chi connectivity index (χ3v) is 4.35. The molecule has 0 fully saturated rings. The molecule has 0 aliphatic carbocycles. The van der Waals surface area contributed by atoms with Crippen LogP contribution in [0.1, 0.15) is 16.1 Å². The zero-order valence-electron chi connectivity index (χ0n) is 11.5. The lowest BCUT2D eigenvalue weighted by atomic mass is 10.1. The Balaban J connectivity index is 1.62. The van der Waals surface area contributed by atoms with Crippen molar-refractivity contribution in [1.82, 2.24) is 15.3 Å². The number of fused-ring (bicyclic) bond motifs is 1. The summed E-state index contributed by atoms with van der Waals surface area (Å²) in [7, 11) is 0. The Kier molecular flexibility index (Phi) is 4.04. The van der Waals surface area contributed by atoms with E-state index in [1.807, 2.05) is 17.8 Å². The first-order valence-corrected chi connectivity index (χ1v) is 7.65. The zero-order valence-corrected chi connectivity index (χ0v) is 12.3. The summed E-state index contributed by atoms with van der Waals surface area (Å²) in [5.74, 6) is 0. The number of para-hydroxylation sites is 1. The smallest absolute Gasteiger partial charge is 0.0798 e. The lowest BCUT2D eigenvalue weighted by Gasteiger charge is -2.07. The van der Waals surface area contributed by atoms with Crippen molar-refractivity contribution in [3.05, 3.63) is 58.2 Å². The van der Waals surface area contributed by atoms with Crippen LogP contribution in [-0.4, -0.2) is 16.5 Å². The van der Waals surface area contributed by atoms with Crippen molar-refractivity contribution < 1.29 is 0 Å². The SMILES string of the molecule is Cc1ncsc1CNCCc1cccc2cccnc12. The summed E-state index contributed by atoms with van der Waals surface area (Å²) < 4.78 is 0. The summed E-state index contributed by atoms with van der Waals surface area (Å²) in [5, 5.41) is 4.70. The Morgan fingerprint density at radius 2 is 2.05 bits per heavy atom. The molecule has 3 rings (SSSR count). The molecule has 0 amide bonds. The van der Waals surface area contributed by atoms with Crippen LogP contribution in [0, 0.1) is 6.92 Å². The molecule has 1 aromatic carbocycles. The minimum Gasteiger partial charge on any atom is -0.311 e. The first kappa shape index (κ1) is 13.2. The zero-order chi connectivity index (χ0) is 13.8. The molecular formula is C16H17N3S. The normalized spacial score (nSPS) is 11.1. The number of thiazole rings is 1. The van der Waals surface area contributed by atoms with Gasteiger partial charge in [0.2, 0.25) is 0 Å². The molecule has 0 atom stereocenters. The third-order valence-electron chi connectivity index (χ3n) is 3.42. The van der Waals surface area contributed by atoms with Gasteiger partial charge in [0.05, 0.1) is 16.7 Å². The van der Waals surface area contributed by atoms with Crippen LogP contribution in [0.15, 0.2) is 42.0 Å². The van der Waals surface area contributed by atoms with E-state index in [1.54, 1.807) is 11.3 Å². The highest BCUT2D eigenvalue weighted by atomic mass is 32.1. The molecule has 20 heavy (non-hydrogen) atoms. The number of benzene rings is 1. The minimum atomic E-state index is 0.898. The van der Waals surface area contributed by atoms with E-state index in [2.05, 4.69) is 46.5 Å². The maximum Gasteiger partial charge on any atom is 0.0798 e. The van der Waals surface area contributed by atoms with Crippen LogP contribution in [0.2, 0.25) is 0 Å². The van der Waals surface area contributed by atoms with E-state index in [9.17, 15) is 0 Å². The van der Waals surface area contributed by atoms with Gasteiger partial charge in [-0.05, 0) is 31.5 Å². The molecule has 0 spiro atoms. The van der Waals surface area contributed by atoms with Crippen molar-refractivity contribution in [2.24, 2.45) is 0 Å². The monoisotopic (exact) mass is 283 g/mol. The van der Waals surface area contributed by atoms with E-state index in [1.165, 1.54) is 15.8 Å². The highest BCUT2D eigenvalue weighted by molar-refractivity contribution is 7.09. The Labute approximate surface area is 122 Å². The predicted molar refractivity (Wildman–Crippen MR) is 84.0 cm³/mol. The van der Waals surface area contributed by atoms with Gasteiger partial charge in [0.15, 0.2) is 0 Å². The lowest BCUT2D eigenvalue weighted by Crippen LogP contribution is -2.16. The maximum atomic E-state index is 4.49. The lowest BCUT2D eigenvalue weighted by molar-refractivity contribution is 0.691. The molecule has 1 N–H and O–H groups in total. The van der Waals surface area contributed by atoms with E-state index in [0.717, 1.165) is 30.7 Å². The third kappa shape index (κ3) is 2.86. The second-order valence-corrected chi connectivity index (χ2v) is 5.72. The van der Waals surface area contributed by atoms with Crippen LogP contribution in [0.5, 0.6) is 0 Å². The van der Waals surface area contributed by atoms with Gasteiger partial charge in [-0.2, -0.15) is 0 Å². The van der Waals surface area contributed by atoms with Gasteiger partial charge >= 0.3 is 0 Å². The molecule has 0 aliphatic rings. The van der Waals surface area contributed by atoms with Crippen LogP contribution in [0.25, 0.3) is 10.9 Å². The molecular weight excluding hydrogens is 266 g/mol. The highest BCUT2D eigenvalue weighted by Crippen LogP contribution is 2.16. The molecule has 3 nitrogen and oxygen atoms in total. The van der Waals surface area contributed by atoms with Crippen LogP contribution >= 0.6 is 11.3 Å². The Morgan fingerprint density at radius 1 is 1.15 bits per heavy atom. The van der Waals surface area contributed by atoms with Gasteiger partial charge in [0, 0.05) is 23.0 Å². The topological polar surface area (TPSA) is 37.8 Å². The minimum absolute atomic E-state index is 0.898. The molecule has 102 valence electrons. The number of rotatable bonds is 5. The number of nitrogens with zero attached hydrogens (tertiary/aromatic N) is 2. The van der Waals surface area contributed by atoms with Gasteiger partial charge < -0.3 is 5.32 Å². The van der Waals surface area contributed by atoms with E-state index in [4.69, 9.17) is 0 Å². The predicted octanol–water partition coefficient (Wildman–Crippen LogP) is 3.33. The average molecular weight is 283 g/mol. The van der Waals surface area contributed by atoms with Crippen molar-refractivity contribution in [3.63, 3.8) is 0 Å². The number of aryl methyl sites for hydroxylation is 1. The fourth-order valence-corrected chi connectivity index (χ4v) is 3.04. The van der Waals surface area contributed by atoms with Crippen LogP contribution in [0.3, 0.4) is 0 Å². The highest BCUT2D eigenvalue weighted by Gasteiger charge is 2.03. The van der Waals surface area contributed by atoms with Crippen molar-refractivity contribution in [1.29, 1.82) is 0 Å². The Hall–Kier alpha value is -1.78. The molecule has 0 saturated carbocycles. The Morgan fingerprint density at radius 3 is 2.90 bits per heavy atom. The largest absolute Gasteiger partial charge is 0.311 e. The summed E-state index contributed by atoms with van der Waals surface area (Å²) in [6.07, 6.45) is 2.85. The molecule has 0 aliphatic heterocycles. The summed E-state index contributed by atoms with van der Waals surface area (Å²) in [6, 6.07) is 10.5. The molecule has 4 heteroatoms. The average Bonchev–Trinajstić information content (AvgIpc) is 2.89. The molecule has 2 aromatic heterocycles. The Bertz CT molecular complexity index is 700. The molecule has 0 radical (unpaired) electrons. The fourth-order valence-electron chi connectivity index (χ4n) is 2.29. The van der Waals surface area contributed by atoms with Gasteiger partial charge in [0.1, 0.15) is 0 Å². The molecule has 0 unspecified atom stereocenters. The van der Waals surface area contributed by atoms with Crippen molar-refractivity contribution in [2.75, 3.05) is 6.54 Å². The van der Waals surface area contributed by atoms with Gasteiger partial charge in [-0.3, -0.25) is 4.98 Å². The van der Waals surface area contributed by atoms with E-state index in [0.29, 0.717) is 0 Å². The maximum absolute atomic E-state index is 4.49. The first-order chi connectivity index (χ1) is 9.84. The molecule has 0 bridgehead atoms. The number of nitrogens with one attached hydrogen (secondary N) is 1. The van der Waals surface area contributed by atoms with Gasteiger partial charge in [0.25, 0.3) is 0 Å². The van der Waals surface area contributed by atoms with Crippen LogP contribution in [0.4, 0.5) is 0 Å². The van der Waals surface area contributed by atoms with Gasteiger partial charge in [-0.1, -0.05) is 24.3 Å². The summed E-state index contributed by atoms with van der Waals surface area (Å²) in [4.78, 5) is 10.1.